The van der Waals surface area contributed by atoms with Gasteiger partial charge in [-0.15, -0.1) is 0 Å². The van der Waals surface area contributed by atoms with Gasteiger partial charge in [0.2, 0.25) is 0 Å². The quantitative estimate of drug-likeness (QED) is 0.0586. The second-order valence-electron chi connectivity index (χ2n) is 19.3. The van der Waals surface area contributed by atoms with Crippen molar-refractivity contribution >= 4 is 63.7 Å². The normalized spacial score (nSPS) is 15.1. The molecule has 72 heavy (non-hydrogen) atoms. The Labute approximate surface area is 557 Å². The molecule has 0 spiro atoms. The largest absolute Gasteiger partial charge is 1.00 e. The van der Waals surface area contributed by atoms with Gasteiger partial charge in [0.25, 0.3) is 6.47 Å². The van der Waals surface area contributed by atoms with Gasteiger partial charge in [-0.1, -0.05) is 71.7 Å². The Hall–Kier alpha value is -1.51. The second-order valence-corrected chi connectivity index (χ2v) is 20.5. The fourth-order valence-corrected chi connectivity index (χ4v) is 9.75. The number of aromatic amines is 2. The summed E-state index contributed by atoms with van der Waals surface area (Å²) in [5, 5.41) is 16.6. The number of nitrogens with zero attached hydrogens (tertiary/aromatic N) is 4. The van der Waals surface area contributed by atoms with E-state index in [2.05, 4.69) is 164 Å². The van der Waals surface area contributed by atoms with Crippen molar-refractivity contribution in [3.05, 3.63) is 121 Å². The Bertz CT molecular complexity index is 3060. The number of carbonyl (C=O) groups is 1. The van der Waals surface area contributed by atoms with Crippen molar-refractivity contribution < 1.29 is 173 Å². The van der Waals surface area contributed by atoms with Crippen LogP contribution in [0.4, 0.5) is 0 Å². The van der Waals surface area contributed by atoms with Gasteiger partial charge in [-0.2, -0.15) is 0 Å². The van der Waals surface area contributed by atoms with E-state index in [0.29, 0.717) is 11.8 Å². The number of H-pyrrole nitrogens is 2. The van der Waals surface area contributed by atoms with Crippen LogP contribution in [-0.2, 0) is 19.0 Å². The predicted octanol–water partition coefficient (Wildman–Crippen LogP) is 6.50. The molecule has 8 aromatic rings. The van der Waals surface area contributed by atoms with Crippen LogP contribution in [0, 0.1) is 59.0 Å². The smallest absolute Gasteiger partial charge is 1.00 e. The van der Waals surface area contributed by atoms with Crippen LogP contribution in [0.2, 0.25) is 0 Å². The van der Waals surface area contributed by atoms with Gasteiger partial charge in [0.05, 0.1) is 39.1 Å². The van der Waals surface area contributed by atoms with Gasteiger partial charge in [-0.3, -0.25) is 4.79 Å². The standard InChI is InChI=1S/C23H23N3O.C15H14IN3O.C14H21BO2.C2H6.CH2O3.2Cs.H/c1-12-6-5-7-13(2)20(12)18-10-17(21-14(3)26-27-15(21)4)11-19-22(18)25-23(24-19)16-8-9-16;1-7-13(8(2)20-19-7)10-5-11(16)14-12(6-10)17-15(18-14)9-3-4-9;1-10-8-7-9-11(2)12(10)15-16-13(3,4)14(5,6)17-15;1-2;2-1-4-3;;;/h5-7,10-11,16H,8-9H2,1-4H3,(H,24,25);5-6,9H,3-4H2,1-2H3,(H,17,18);7-9H,1-6H3;1-2H3;1,3H;;;/q;;;;;2*+1;-1/p-1. The monoisotopic (exact) mass is 1330 g/mol. The van der Waals surface area contributed by atoms with Crippen molar-refractivity contribution in [3.63, 3.8) is 0 Å². The summed E-state index contributed by atoms with van der Waals surface area (Å²) >= 11 is 2.36. The number of benzene rings is 4. The van der Waals surface area contributed by atoms with E-state index in [1.54, 1.807) is 0 Å². The Morgan fingerprint density at radius 3 is 1.47 bits per heavy atom. The SMILES string of the molecule is CC.Cc1cccc(C)c1-c1cc(-c2c(C)noc2C)cc2[nH]c(C3CC3)nc12.Cc1cccc(C)c1B1OC(C)(C)C(C)(C)O1.Cc1noc(C)c1-c1cc(I)c2nc(C3CC3)[nH]c2c1.O=CO[O-].[Cs+].[Cs+].[H-]. The average Bonchev–Trinajstić information content (AvgIpc) is 4.18. The van der Waals surface area contributed by atoms with Crippen molar-refractivity contribution in [1.29, 1.82) is 0 Å². The first-order valence-electron chi connectivity index (χ1n) is 24.1. The van der Waals surface area contributed by atoms with E-state index in [9.17, 15) is 0 Å². The van der Waals surface area contributed by atoms with Crippen molar-refractivity contribution in [2.45, 2.75) is 146 Å². The van der Waals surface area contributed by atoms with E-state index < -0.39 is 0 Å². The molecule has 17 heteroatoms. The van der Waals surface area contributed by atoms with Gasteiger partial charge in [-0.25, -0.2) is 9.97 Å². The number of aromatic nitrogens is 6. The number of hydrogen-bond acceptors (Lipinski definition) is 11. The Kier molecular flexibility index (Phi) is 22.3. The van der Waals surface area contributed by atoms with Gasteiger partial charge >= 0.3 is 145 Å². The van der Waals surface area contributed by atoms with Crippen molar-refractivity contribution in [2.75, 3.05) is 0 Å². The van der Waals surface area contributed by atoms with Gasteiger partial charge in [0.1, 0.15) is 28.7 Å². The molecule has 13 nitrogen and oxygen atoms in total. The summed E-state index contributed by atoms with van der Waals surface area (Å²) in [4.78, 5) is 28.1. The van der Waals surface area contributed by atoms with Crippen LogP contribution in [0.15, 0.2) is 69.7 Å². The maximum absolute atomic E-state index is 8.64. The van der Waals surface area contributed by atoms with E-state index in [0.717, 1.165) is 78.9 Å². The van der Waals surface area contributed by atoms with E-state index in [4.69, 9.17) is 38.4 Å². The number of rotatable bonds is 7. The molecular weight excluding hydrogens is 1260 g/mol. The molecular formula is C55H66BCs2IN6O7. The molecule has 4 aromatic carbocycles. The molecule has 3 aliphatic rings. The summed E-state index contributed by atoms with van der Waals surface area (Å²) in [6.45, 7) is 28.6. The van der Waals surface area contributed by atoms with Crippen LogP contribution in [0.5, 0.6) is 0 Å². The van der Waals surface area contributed by atoms with Crippen LogP contribution in [0.1, 0.15) is 137 Å². The van der Waals surface area contributed by atoms with Crippen LogP contribution >= 0.6 is 22.6 Å². The zero-order chi connectivity index (χ0) is 50.8. The molecule has 2 aliphatic carbocycles. The number of fused-ring (bicyclic) bond motifs is 2. The molecule has 4 aromatic heterocycles. The molecule has 11 rings (SSSR count). The van der Waals surface area contributed by atoms with Crippen molar-refractivity contribution in [3.8, 4) is 33.4 Å². The summed E-state index contributed by atoms with van der Waals surface area (Å²) in [6.07, 6.45) is 4.98. The van der Waals surface area contributed by atoms with E-state index >= 15 is 0 Å². The topological polar surface area (TPSA) is 177 Å². The third-order valence-corrected chi connectivity index (χ3v) is 14.4. The van der Waals surface area contributed by atoms with Gasteiger partial charge in [-0.05, 0) is 189 Å². The maximum atomic E-state index is 8.64. The zero-order valence-electron chi connectivity index (χ0n) is 45.9. The van der Waals surface area contributed by atoms with Crippen molar-refractivity contribution in [2.24, 2.45) is 0 Å². The molecule has 3 fully saturated rings. The van der Waals surface area contributed by atoms with E-state index in [1.165, 1.54) is 68.1 Å². The first-order chi connectivity index (χ1) is 33.3. The first-order valence-corrected chi connectivity index (χ1v) is 25.2. The van der Waals surface area contributed by atoms with Crippen molar-refractivity contribution in [1.82, 2.24) is 30.2 Å². The third-order valence-electron chi connectivity index (χ3n) is 13.6. The minimum atomic E-state index is -0.271. The van der Waals surface area contributed by atoms with Crippen LogP contribution in [0.25, 0.3) is 55.4 Å². The zero-order valence-corrected chi connectivity index (χ0v) is 59.7. The number of carbonyl (C=O) groups excluding carboxylic acids is 1. The number of hydrogen-bond donors (Lipinski definition) is 2. The van der Waals surface area contributed by atoms with E-state index in [1.807, 2.05) is 41.5 Å². The fraction of sp³-hybridized carbons (Fsp3) is 0.400. The number of aryl methyl sites for hydroxylation is 8. The summed E-state index contributed by atoms with van der Waals surface area (Å²) in [6, 6.07) is 21.5. The number of halogens is 1. The fourth-order valence-electron chi connectivity index (χ4n) is 9.00. The molecule has 2 saturated carbocycles. The molecule has 1 saturated heterocycles. The minimum absolute atomic E-state index is 0. The molecule has 0 radical (unpaired) electrons. The Morgan fingerprint density at radius 2 is 1.07 bits per heavy atom. The minimum Gasteiger partial charge on any atom is -1.00 e. The third kappa shape index (κ3) is 13.8. The molecule has 1 aliphatic heterocycles. The second kappa shape index (κ2) is 26.2. The summed E-state index contributed by atoms with van der Waals surface area (Å²) in [5.74, 6) is 5.19. The summed E-state index contributed by atoms with van der Waals surface area (Å²) in [5.41, 5.74) is 18.7. The van der Waals surface area contributed by atoms with Crippen LogP contribution in [-0.4, -0.2) is 55.0 Å². The summed E-state index contributed by atoms with van der Waals surface area (Å²) < 4.78 is 24.1. The predicted molar refractivity (Wildman–Crippen MR) is 285 cm³/mol. The average molecular weight is 1330 g/mol. The molecule has 5 heterocycles. The maximum Gasteiger partial charge on any atom is 1.00 e. The van der Waals surface area contributed by atoms with Gasteiger partial charge < -0.3 is 39.9 Å². The molecule has 0 unspecified atom stereocenters. The molecule has 0 bridgehead atoms. The first kappa shape index (κ1) is 61.3. The number of nitrogens with one attached hydrogen (secondary N) is 2. The molecule has 370 valence electrons. The van der Waals surface area contributed by atoms with Crippen LogP contribution < -0.4 is 149 Å². The van der Waals surface area contributed by atoms with E-state index in [-0.39, 0.29) is 164 Å². The molecule has 0 atom stereocenters. The molecule has 0 amide bonds. The van der Waals surface area contributed by atoms with Crippen LogP contribution in [0.3, 0.4) is 0 Å². The number of imidazole rings is 2. The Balaban J connectivity index is 0.000000226. The summed E-state index contributed by atoms with van der Waals surface area (Å²) in [7, 11) is -0.249. The Morgan fingerprint density at radius 1 is 0.667 bits per heavy atom. The van der Waals surface area contributed by atoms with Gasteiger partial charge in [0.15, 0.2) is 0 Å². The molecule has 2 N–H and O–H groups in total. The van der Waals surface area contributed by atoms with Gasteiger partial charge in [0, 0.05) is 32.1 Å².